The van der Waals surface area contributed by atoms with Gasteiger partial charge in [-0.05, 0) is 11.1 Å². The van der Waals surface area contributed by atoms with Crippen LogP contribution >= 0.6 is 0 Å². The molecule has 0 aliphatic carbocycles. The van der Waals surface area contributed by atoms with Crippen LogP contribution in [0.4, 0.5) is 0 Å². The van der Waals surface area contributed by atoms with Gasteiger partial charge in [-0.3, -0.25) is 4.18 Å². The van der Waals surface area contributed by atoms with Crippen molar-refractivity contribution < 1.29 is 22.3 Å². The van der Waals surface area contributed by atoms with Crippen LogP contribution in [0.25, 0.3) is 0 Å². The van der Waals surface area contributed by atoms with Crippen LogP contribution in [-0.4, -0.2) is 18.1 Å². The summed E-state index contributed by atoms with van der Waals surface area (Å²) in [7, 11) is -4.93. The highest BCUT2D eigenvalue weighted by Gasteiger charge is 2.25. The Bertz CT molecular complexity index is 640. The maximum absolute atomic E-state index is 10.9. The first-order valence-corrected chi connectivity index (χ1v) is 7.23. The Kier molecular flexibility index (Phi) is 4.51. The van der Waals surface area contributed by atoms with Gasteiger partial charge in [-0.15, -0.1) is 0 Å². The highest BCUT2D eigenvalue weighted by Crippen LogP contribution is 2.32. The molecule has 0 radical (unpaired) electrons. The maximum Gasteiger partial charge on any atom is 0.218 e. The molecule has 20 heavy (non-hydrogen) atoms. The minimum absolute atomic E-state index is 0.406. The second-order valence-corrected chi connectivity index (χ2v) is 5.20. The normalized spacial score (nSPS) is 14.7. The lowest BCUT2D eigenvalue weighted by molar-refractivity contribution is 0.0302. The molecule has 0 aliphatic heterocycles. The molecule has 5 nitrogen and oxygen atoms in total. The molecule has 2 unspecified atom stereocenters. The third kappa shape index (κ3) is 3.88. The van der Waals surface area contributed by atoms with Gasteiger partial charge < -0.3 is 9.66 Å². The summed E-state index contributed by atoms with van der Waals surface area (Å²) in [5.74, 6) is 0. The summed E-state index contributed by atoms with van der Waals surface area (Å²) in [5.41, 5.74) is 0.869. The van der Waals surface area contributed by atoms with Crippen molar-refractivity contribution in [2.45, 2.75) is 12.2 Å². The Labute approximate surface area is 117 Å². The molecule has 2 rings (SSSR count). The predicted molar refractivity (Wildman–Crippen MR) is 71.4 cm³/mol. The molecule has 0 fully saturated rings. The number of hydrogen-bond acceptors (Lipinski definition) is 5. The molecule has 1 N–H and O–H groups in total. The van der Waals surface area contributed by atoms with Crippen LogP contribution in [0, 0.1) is 0 Å². The lowest BCUT2D eigenvalue weighted by Crippen LogP contribution is -2.18. The van der Waals surface area contributed by atoms with Gasteiger partial charge in [0.15, 0.2) is 0 Å². The van der Waals surface area contributed by atoms with Crippen LogP contribution in [0.5, 0.6) is 0 Å². The van der Waals surface area contributed by atoms with E-state index in [1.54, 1.807) is 60.7 Å². The summed E-state index contributed by atoms with van der Waals surface area (Å²) in [6.07, 6.45) is -2.54. The molecule has 106 valence electrons. The van der Waals surface area contributed by atoms with E-state index in [1.165, 1.54) is 0 Å². The van der Waals surface area contributed by atoms with E-state index in [1.807, 2.05) is 0 Å². The molecule has 0 aromatic heterocycles. The van der Waals surface area contributed by atoms with Crippen molar-refractivity contribution in [3.8, 4) is 0 Å². The summed E-state index contributed by atoms with van der Waals surface area (Å²) in [4.78, 5) is 0. The van der Waals surface area contributed by atoms with E-state index in [0.29, 0.717) is 11.1 Å². The van der Waals surface area contributed by atoms with Gasteiger partial charge >= 0.3 is 0 Å². The number of hydrogen-bond donors (Lipinski definition) is 1. The minimum atomic E-state index is -4.93. The van der Waals surface area contributed by atoms with Gasteiger partial charge in [0.05, 0.1) is 0 Å². The van der Waals surface area contributed by atoms with Gasteiger partial charge in [0, 0.05) is 0 Å². The second-order valence-electron chi connectivity index (χ2n) is 4.19. The number of aliphatic hydroxyl groups excluding tert-OH is 1. The Morgan fingerprint density at radius 1 is 0.900 bits per heavy atom. The fourth-order valence-electron chi connectivity index (χ4n) is 1.89. The molecule has 0 aliphatic rings. The van der Waals surface area contributed by atoms with Crippen molar-refractivity contribution in [2.24, 2.45) is 0 Å². The second kappa shape index (κ2) is 6.15. The van der Waals surface area contributed by atoms with Gasteiger partial charge in [0.1, 0.15) is 12.2 Å². The highest BCUT2D eigenvalue weighted by molar-refractivity contribution is 7.80. The lowest BCUT2D eigenvalue weighted by Gasteiger charge is -2.24. The van der Waals surface area contributed by atoms with E-state index in [-0.39, 0.29) is 0 Å². The fourth-order valence-corrected chi connectivity index (χ4v) is 2.36. The quantitative estimate of drug-likeness (QED) is 0.672. The average Bonchev–Trinajstić information content (AvgIpc) is 2.45. The van der Waals surface area contributed by atoms with Crippen molar-refractivity contribution in [1.82, 2.24) is 0 Å². The number of aliphatic hydroxyl groups is 1. The molecule has 0 bridgehead atoms. The topological polar surface area (TPSA) is 86.7 Å². The molecule has 0 spiro atoms. The van der Waals surface area contributed by atoms with Crippen LogP contribution in [0.3, 0.4) is 0 Å². The van der Waals surface area contributed by atoms with Crippen molar-refractivity contribution in [3.63, 3.8) is 0 Å². The third-order valence-electron chi connectivity index (χ3n) is 2.78. The van der Waals surface area contributed by atoms with Gasteiger partial charge in [0.25, 0.3) is 0 Å². The van der Waals surface area contributed by atoms with Crippen molar-refractivity contribution in [3.05, 3.63) is 71.8 Å². The Morgan fingerprint density at radius 3 is 1.80 bits per heavy atom. The van der Waals surface area contributed by atoms with Crippen LogP contribution in [0.15, 0.2) is 60.7 Å². The first-order valence-electron chi connectivity index (χ1n) is 5.89. The first kappa shape index (κ1) is 14.7. The monoisotopic (exact) mass is 293 g/mol. The van der Waals surface area contributed by atoms with Crippen LogP contribution in [0.1, 0.15) is 23.3 Å². The molecular weight excluding hydrogens is 280 g/mol. The molecular formula is C14H13O5S-. The maximum atomic E-state index is 10.9. The average molecular weight is 293 g/mol. The van der Waals surface area contributed by atoms with Crippen LogP contribution in [-0.2, 0) is 14.6 Å². The molecule has 0 saturated carbocycles. The van der Waals surface area contributed by atoms with Gasteiger partial charge in [-0.2, -0.15) is 0 Å². The minimum Gasteiger partial charge on any atom is -0.726 e. The fraction of sp³-hybridized carbons (Fsp3) is 0.143. The summed E-state index contributed by atoms with van der Waals surface area (Å²) >= 11 is 0. The zero-order chi connectivity index (χ0) is 14.6. The van der Waals surface area contributed by atoms with E-state index in [2.05, 4.69) is 4.18 Å². The van der Waals surface area contributed by atoms with E-state index in [0.717, 1.165) is 0 Å². The largest absolute Gasteiger partial charge is 0.726 e. The van der Waals surface area contributed by atoms with Gasteiger partial charge in [-0.25, -0.2) is 8.42 Å². The summed E-state index contributed by atoms with van der Waals surface area (Å²) in [6, 6.07) is 16.7. The summed E-state index contributed by atoms with van der Waals surface area (Å²) < 4.78 is 37.1. The Hall–Kier alpha value is -1.73. The van der Waals surface area contributed by atoms with Crippen LogP contribution < -0.4 is 0 Å². The van der Waals surface area contributed by atoms with Crippen LogP contribution in [0.2, 0.25) is 0 Å². The predicted octanol–water partition coefficient (Wildman–Crippen LogP) is 1.94. The zero-order valence-corrected chi connectivity index (χ0v) is 11.2. The zero-order valence-electron chi connectivity index (χ0n) is 10.4. The van der Waals surface area contributed by atoms with Gasteiger partial charge in [0.2, 0.25) is 10.4 Å². The summed E-state index contributed by atoms with van der Waals surface area (Å²) in [6.45, 7) is 0. The van der Waals surface area contributed by atoms with E-state index >= 15 is 0 Å². The lowest BCUT2D eigenvalue weighted by atomic mass is 9.98. The molecule has 0 saturated heterocycles. The Balaban J connectivity index is 2.37. The number of rotatable bonds is 5. The van der Waals surface area contributed by atoms with Gasteiger partial charge in [-0.1, -0.05) is 60.7 Å². The first-order chi connectivity index (χ1) is 9.47. The molecule has 2 aromatic carbocycles. The van der Waals surface area contributed by atoms with Crippen molar-refractivity contribution >= 4 is 10.4 Å². The molecule has 2 atom stereocenters. The van der Waals surface area contributed by atoms with Crippen molar-refractivity contribution in [1.29, 1.82) is 0 Å². The van der Waals surface area contributed by atoms with E-state index in [4.69, 9.17) is 0 Å². The third-order valence-corrected chi connectivity index (χ3v) is 3.22. The Morgan fingerprint density at radius 2 is 1.35 bits per heavy atom. The summed E-state index contributed by atoms with van der Waals surface area (Å²) in [5, 5.41) is 10.3. The van der Waals surface area contributed by atoms with E-state index in [9.17, 15) is 18.1 Å². The standard InChI is InChI=1S/C14H14O5S/c15-13(11-7-3-1-4-8-11)14(19-20(16,17)18)12-9-5-2-6-10-12/h1-10,13-15H,(H,16,17,18)/p-1. The number of benzene rings is 2. The molecule has 6 heteroatoms. The molecule has 0 heterocycles. The smallest absolute Gasteiger partial charge is 0.218 e. The SMILES string of the molecule is O=S(=O)([O-])OC(c1ccccc1)C(O)c1ccccc1. The van der Waals surface area contributed by atoms with E-state index < -0.39 is 22.6 Å². The molecule has 0 amide bonds. The van der Waals surface area contributed by atoms with Crippen molar-refractivity contribution in [2.75, 3.05) is 0 Å². The highest BCUT2D eigenvalue weighted by atomic mass is 32.3. The molecule has 2 aromatic rings.